The summed E-state index contributed by atoms with van der Waals surface area (Å²) in [7, 11) is 1.37. The van der Waals surface area contributed by atoms with Crippen LogP contribution in [0.15, 0.2) is 91.8 Å². The van der Waals surface area contributed by atoms with E-state index in [1.165, 1.54) is 19.4 Å². The molecule has 0 unspecified atom stereocenters. The van der Waals surface area contributed by atoms with Crippen LogP contribution >= 0.6 is 0 Å². The fourth-order valence-electron chi connectivity index (χ4n) is 2.94. The smallest absolute Gasteiger partial charge is 0.420 e. The first-order valence-corrected chi connectivity index (χ1v) is 9.60. The highest BCUT2D eigenvalue weighted by Crippen LogP contribution is 2.39. The molecule has 3 aromatic rings. The van der Waals surface area contributed by atoms with E-state index in [-0.39, 0.29) is 12.2 Å². The molecule has 0 fully saturated rings. The third-order valence-electron chi connectivity index (χ3n) is 4.47. The number of rotatable bonds is 9. The molecule has 0 amide bonds. The molecule has 170 valence electrons. The molecule has 0 atom stereocenters. The van der Waals surface area contributed by atoms with E-state index in [1.54, 1.807) is 30.3 Å². The lowest BCUT2D eigenvalue weighted by atomic mass is 9.98. The molecule has 0 aromatic heterocycles. The average Bonchev–Trinajstić information content (AvgIpc) is 2.82. The van der Waals surface area contributed by atoms with Gasteiger partial charge in [-0.3, -0.25) is 4.79 Å². The number of carbonyl (C=O) groups is 1. The fraction of sp³-hybridized carbons (Fsp3) is 0.0800. The monoisotopic (exact) mass is 456 g/mol. The molecule has 3 aromatic carbocycles. The predicted molar refractivity (Wildman–Crippen MR) is 116 cm³/mol. The summed E-state index contributed by atoms with van der Waals surface area (Å²) in [6.07, 6.45) is -0.0457. The molecule has 3 rings (SSSR count). The first-order valence-electron chi connectivity index (χ1n) is 9.60. The Labute approximate surface area is 188 Å². The Morgan fingerprint density at radius 1 is 0.697 bits per heavy atom. The van der Waals surface area contributed by atoms with Crippen LogP contribution in [0.1, 0.15) is 5.56 Å². The molecule has 0 aliphatic carbocycles. The van der Waals surface area contributed by atoms with Crippen molar-refractivity contribution >= 4 is 6.47 Å². The quantitative estimate of drug-likeness (QED) is 0.270. The van der Waals surface area contributed by atoms with Gasteiger partial charge in [0.1, 0.15) is 36.5 Å². The summed E-state index contributed by atoms with van der Waals surface area (Å²) in [5.41, 5.74) is 1.93. The third-order valence-corrected chi connectivity index (χ3v) is 4.47. The number of hydrogen-bond acceptors (Lipinski definition) is 5. The van der Waals surface area contributed by atoms with Gasteiger partial charge in [-0.25, -0.2) is 0 Å². The molecule has 0 N–H and O–H groups in total. The lowest BCUT2D eigenvalue weighted by Crippen LogP contribution is -2.07. The molecule has 0 saturated carbocycles. The summed E-state index contributed by atoms with van der Waals surface area (Å²) < 4.78 is 59.9. The highest BCUT2D eigenvalue weighted by Gasteiger charge is 2.34. The van der Waals surface area contributed by atoms with E-state index in [0.717, 1.165) is 36.0 Å². The van der Waals surface area contributed by atoms with Crippen LogP contribution in [-0.4, -0.2) is 13.6 Å². The van der Waals surface area contributed by atoms with Crippen LogP contribution in [0, 0.1) is 0 Å². The van der Waals surface area contributed by atoms with Gasteiger partial charge in [-0.05, 0) is 46.5 Å². The van der Waals surface area contributed by atoms with Gasteiger partial charge in [-0.1, -0.05) is 42.5 Å². The van der Waals surface area contributed by atoms with Gasteiger partial charge in [-0.2, -0.15) is 13.2 Å². The Bertz CT molecular complexity index is 1120. The SMILES string of the molecule is CO/C=C\Oc1ccc(-c2ccc(-c3ccc(O/C=C\OC=O)cc3)cc2)cc1C(F)(F)F. The van der Waals surface area contributed by atoms with Crippen molar-refractivity contribution in [1.29, 1.82) is 0 Å². The lowest BCUT2D eigenvalue weighted by molar-refractivity contribution is -0.138. The number of hydrogen-bond donors (Lipinski definition) is 0. The third kappa shape index (κ3) is 6.39. The molecule has 0 aliphatic rings. The zero-order valence-electron chi connectivity index (χ0n) is 17.4. The second-order valence-corrected chi connectivity index (χ2v) is 6.56. The molecule has 33 heavy (non-hydrogen) atoms. The molecule has 0 heterocycles. The van der Waals surface area contributed by atoms with E-state index in [4.69, 9.17) is 9.47 Å². The van der Waals surface area contributed by atoms with Gasteiger partial charge in [0.25, 0.3) is 6.47 Å². The summed E-state index contributed by atoms with van der Waals surface area (Å²) in [5.74, 6) is 0.231. The molecule has 5 nitrogen and oxygen atoms in total. The van der Waals surface area contributed by atoms with Crippen molar-refractivity contribution in [3.05, 3.63) is 97.3 Å². The largest absolute Gasteiger partial charge is 0.501 e. The van der Waals surface area contributed by atoms with Gasteiger partial charge in [0.2, 0.25) is 0 Å². The van der Waals surface area contributed by atoms with Crippen molar-refractivity contribution in [3.63, 3.8) is 0 Å². The maximum atomic E-state index is 13.5. The Morgan fingerprint density at radius 3 is 1.82 bits per heavy atom. The Morgan fingerprint density at radius 2 is 1.24 bits per heavy atom. The summed E-state index contributed by atoms with van der Waals surface area (Å²) in [6.45, 7) is 0.277. The molecular formula is C25H19F3O5. The van der Waals surface area contributed by atoms with Gasteiger partial charge in [0, 0.05) is 0 Å². The Balaban J connectivity index is 1.79. The summed E-state index contributed by atoms with van der Waals surface area (Å²) in [4.78, 5) is 10.1. The second-order valence-electron chi connectivity index (χ2n) is 6.56. The zero-order valence-corrected chi connectivity index (χ0v) is 17.4. The lowest BCUT2D eigenvalue weighted by Gasteiger charge is -2.14. The number of alkyl halides is 3. The van der Waals surface area contributed by atoms with Crippen LogP contribution in [0.2, 0.25) is 0 Å². The first-order chi connectivity index (χ1) is 15.9. The van der Waals surface area contributed by atoms with Crippen molar-refractivity contribution in [3.8, 4) is 33.8 Å². The van der Waals surface area contributed by atoms with E-state index >= 15 is 0 Å². The van der Waals surface area contributed by atoms with Crippen molar-refractivity contribution in [2.75, 3.05) is 7.11 Å². The Kier molecular flexibility index (Phi) is 7.75. The van der Waals surface area contributed by atoms with Gasteiger partial charge in [-0.15, -0.1) is 0 Å². The topological polar surface area (TPSA) is 54.0 Å². The van der Waals surface area contributed by atoms with E-state index in [1.807, 2.05) is 24.3 Å². The molecule has 0 aliphatic heterocycles. The fourth-order valence-corrected chi connectivity index (χ4v) is 2.94. The number of halogens is 3. The minimum absolute atomic E-state index is 0.277. The van der Waals surface area contributed by atoms with Crippen molar-refractivity contribution in [2.45, 2.75) is 6.18 Å². The van der Waals surface area contributed by atoms with E-state index < -0.39 is 11.7 Å². The zero-order chi connectivity index (χ0) is 23.7. The van der Waals surface area contributed by atoms with Gasteiger partial charge < -0.3 is 18.9 Å². The maximum Gasteiger partial charge on any atom is 0.420 e. The highest BCUT2D eigenvalue weighted by molar-refractivity contribution is 5.71. The molecule has 8 heteroatoms. The van der Waals surface area contributed by atoms with Gasteiger partial charge in [0.15, 0.2) is 0 Å². The first kappa shape index (κ1) is 23.5. The molecular weight excluding hydrogens is 437 g/mol. The highest BCUT2D eigenvalue weighted by atomic mass is 19.4. The number of methoxy groups -OCH3 is 1. The van der Waals surface area contributed by atoms with Crippen LogP contribution in [-0.2, 0) is 20.4 Å². The molecule has 0 spiro atoms. The average molecular weight is 456 g/mol. The van der Waals surface area contributed by atoms with Crippen LogP contribution in [0.25, 0.3) is 22.3 Å². The van der Waals surface area contributed by atoms with Crippen LogP contribution in [0.3, 0.4) is 0 Å². The molecule has 0 bridgehead atoms. The Hall–Kier alpha value is -4.20. The van der Waals surface area contributed by atoms with Gasteiger partial charge >= 0.3 is 6.18 Å². The second kappa shape index (κ2) is 10.9. The minimum Gasteiger partial charge on any atom is -0.501 e. The molecule has 0 radical (unpaired) electrons. The molecule has 0 saturated heterocycles. The summed E-state index contributed by atoms with van der Waals surface area (Å²) in [5, 5.41) is 0. The van der Waals surface area contributed by atoms with Gasteiger partial charge in [0.05, 0.1) is 12.7 Å². The van der Waals surface area contributed by atoms with E-state index in [9.17, 15) is 18.0 Å². The number of ether oxygens (including phenoxy) is 4. The van der Waals surface area contributed by atoms with E-state index in [2.05, 4.69) is 9.47 Å². The maximum absolute atomic E-state index is 13.5. The van der Waals surface area contributed by atoms with Crippen LogP contribution in [0.4, 0.5) is 13.2 Å². The predicted octanol–water partition coefficient (Wildman–Crippen LogP) is 6.56. The van der Waals surface area contributed by atoms with Crippen molar-refractivity contribution < 1.29 is 36.9 Å². The van der Waals surface area contributed by atoms with Crippen molar-refractivity contribution in [2.24, 2.45) is 0 Å². The number of carbonyl (C=O) groups excluding carboxylic acids is 1. The summed E-state index contributed by atoms with van der Waals surface area (Å²) in [6, 6.07) is 18.2. The minimum atomic E-state index is -4.58. The van der Waals surface area contributed by atoms with Crippen LogP contribution in [0.5, 0.6) is 11.5 Å². The standard InChI is InChI=1S/C25H19F3O5/c1-30-12-14-33-24-11-8-21(16-23(24)25(26,27)28)20-4-2-18(3-5-20)19-6-9-22(10-7-19)32-15-13-31-17-29/h2-17H,1H3/b14-12-,15-13-. The number of benzene rings is 3. The van der Waals surface area contributed by atoms with E-state index in [0.29, 0.717) is 16.9 Å². The van der Waals surface area contributed by atoms with Crippen molar-refractivity contribution in [1.82, 2.24) is 0 Å². The normalized spacial score (nSPS) is 11.5. The summed E-state index contributed by atoms with van der Waals surface area (Å²) >= 11 is 0. The van der Waals surface area contributed by atoms with Crippen LogP contribution < -0.4 is 9.47 Å².